The molecule has 0 amide bonds. The molecule has 0 N–H and O–H groups in total. The Morgan fingerprint density at radius 3 is 1.07 bits per heavy atom. The van der Waals surface area contributed by atoms with E-state index in [1.807, 2.05) is 0 Å². The molecule has 164 valence electrons. The molecule has 0 aromatic rings. The zero-order valence-electron chi connectivity index (χ0n) is 15.0. The topological polar surface area (TPSA) is 0 Å². The molecule has 2 atom stereocenters. The lowest BCUT2D eigenvalue weighted by molar-refractivity contribution is -0.284. The van der Waals surface area contributed by atoms with E-state index in [1.54, 1.807) is 13.8 Å². The van der Waals surface area contributed by atoms with Crippen molar-refractivity contribution in [3.63, 3.8) is 0 Å². The molecule has 0 saturated carbocycles. The van der Waals surface area contributed by atoms with E-state index in [-0.39, 0.29) is 12.8 Å². The van der Waals surface area contributed by atoms with Crippen molar-refractivity contribution in [1.29, 1.82) is 0 Å². The van der Waals surface area contributed by atoms with Crippen LogP contribution in [0.15, 0.2) is 0 Å². The summed E-state index contributed by atoms with van der Waals surface area (Å²) in [6.07, 6.45) is -13.8. The highest BCUT2D eigenvalue weighted by Crippen LogP contribution is 2.43. The van der Waals surface area contributed by atoms with E-state index in [0.29, 0.717) is 12.8 Å². The predicted octanol–water partition coefficient (Wildman–Crippen LogP) is 8.01. The van der Waals surface area contributed by atoms with Gasteiger partial charge in [-0.25, -0.2) is 0 Å². The van der Waals surface area contributed by atoms with Crippen LogP contribution in [0.1, 0.15) is 65.2 Å². The molecule has 0 nitrogen and oxygen atoms in total. The average Bonchev–Trinajstić information content (AvgIpc) is 2.48. The van der Waals surface area contributed by atoms with Gasteiger partial charge in [-0.1, -0.05) is 26.7 Å². The van der Waals surface area contributed by atoms with E-state index in [1.165, 1.54) is 0 Å². The largest absolute Gasteiger partial charge is 0.453 e. The molecule has 0 bridgehead atoms. The van der Waals surface area contributed by atoms with E-state index >= 15 is 0 Å². The van der Waals surface area contributed by atoms with Gasteiger partial charge in [0.2, 0.25) is 0 Å². The zero-order chi connectivity index (χ0) is 21.5. The van der Waals surface area contributed by atoms with Crippen molar-refractivity contribution in [3.8, 4) is 0 Å². The lowest BCUT2D eigenvalue weighted by Gasteiger charge is -2.27. The van der Waals surface area contributed by atoms with Gasteiger partial charge in [-0.2, -0.15) is 55.7 Å². The number of halogens is 10. The maximum absolute atomic E-state index is 13.1. The SMILES string of the molecule is CCCC(CCC(F)(F)C(F)(F)F)SC(CCC)CCC(F)(F)C(F)(F)F. The molecule has 0 spiro atoms. The van der Waals surface area contributed by atoms with Crippen LogP contribution < -0.4 is 0 Å². The number of rotatable bonds is 12. The van der Waals surface area contributed by atoms with Crippen molar-refractivity contribution in [2.45, 2.75) is 99.9 Å². The van der Waals surface area contributed by atoms with Crippen molar-refractivity contribution in [1.82, 2.24) is 0 Å². The van der Waals surface area contributed by atoms with Crippen LogP contribution in [0.5, 0.6) is 0 Å². The van der Waals surface area contributed by atoms with Gasteiger partial charge >= 0.3 is 24.2 Å². The molecular formula is C16H24F10S. The van der Waals surface area contributed by atoms with Crippen molar-refractivity contribution < 1.29 is 43.9 Å². The molecule has 0 aliphatic heterocycles. The molecular weight excluding hydrogens is 414 g/mol. The van der Waals surface area contributed by atoms with E-state index in [9.17, 15) is 43.9 Å². The third-order valence-corrected chi connectivity index (χ3v) is 5.71. The van der Waals surface area contributed by atoms with Crippen molar-refractivity contribution >= 4 is 11.8 Å². The second kappa shape index (κ2) is 10.4. The molecule has 2 unspecified atom stereocenters. The van der Waals surface area contributed by atoms with E-state index in [0.717, 1.165) is 11.8 Å². The molecule has 27 heavy (non-hydrogen) atoms. The Morgan fingerprint density at radius 2 is 0.852 bits per heavy atom. The molecule has 0 aromatic carbocycles. The fourth-order valence-corrected chi connectivity index (χ4v) is 4.24. The van der Waals surface area contributed by atoms with Gasteiger partial charge in [-0.15, -0.1) is 0 Å². The standard InChI is InChI=1S/C16H24F10S/c1-3-5-11(7-9-13(17,18)15(21,22)23)27-12(6-4-2)8-10-14(19,20)16(24,25)26/h11-12H,3-10H2,1-2H3. The van der Waals surface area contributed by atoms with Crippen LogP contribution in [-0.4, -0.2) is 34.7 Å². The summed E-state index contributed by atoms with van der Waals surface area (Å²) in [5, 5.41) is -1.33. The normalized spacial score (nSPS) is 16.4. The molecule has 0 aliphatic carbocycles. The minimum Gasteiger partial charge on any atom is -0.196 e. The monoisotopic (exact) mass is 438 g/mol. The highest BCUT2D eigenvalue weighted by atomic mass is 32.2. The van der Waals surface area contributed by atoms with E-state index < -0.39 is 60.4 Å². The zero-order valence-corrected chi connectivity index (χ0v) is 15.8. The summed E-state index contributed by atoms with van der Waals surface area (Å²) in [6.45, 7) is 3.37. The Hall–Kier alpha value is -0.350. The lowest BCUT2D eigenvalue weighted by Crippen LogP contribution is -2.37. The number of thioether (sulfide) groups is 1. The molecule has 0 aliphatic rings. The number of hydrogen-bond donors (Lipinski definition) is 0. The number of hydrogen-bond acceptors (Lipinski definition) is 1. The van der Waals surface area contributed by atoms with Crippen LogP contribution in [0.4, 0.5) is 43.9 Å². The first-order valence-electron chi connectivity index (χ1n) is 8.62. The number of alkyl halides is 10. The quantitative estimate of drug-likeness (QED) is 0.278. The van der Waals surface area contributed by atoms with Gasteiger partial charge in [-0.3, -0.25) is 0 Å². The second-order valence-electron chi connectivity index (χ2n) is 6.44. The van der Waals surface area contributed by atoms with Gasteiger partial charge in [0.25, 0.3) is 0 Å². The fourth-order valence-electron chi connectivity index (χ4n) is 2.44. The molecule has 0 fully saturated rings. The smallest absolute Gasteiger partial charge is 0.196 e. The Kier molecular flexibility index (Phi) is 10.3. The Balaban J connectivity index is 4.93. The first kappa shape index (κ1) is 26.6. The van der Waals surface area contributed by atoms with Crippen molar-refractivity contribution in [2.75, 3.05) is 0 Å². The first-order valence-corrected chi connectivity index (χ1v) is 9.56. The molecule has 0 saturated heterocycles. The molecule has 0 rings (SSSR count). The van der Waals surface area contributed by atoms with Gasteiger partial charge in [0.15, 0.2) is 0 Å². The van der Waals surface area contributed by atoms with Gasteiger partial charge in [-0.05, 0) is 25.7 Å². The van der Waals surface area contributed by atoms with Gasteiger partial charge in [0.05, 0.1) is 0 Å². The first-order chi connectivity index (χ1) is 12.1. The van der Waals surface area contributed by atoms with E-state index in [4.69, 9.17) is 0 Å². The fraction of sp³-hybridized carbons (Fsp3) is 1.00. The van der Waals surface area contributed by atoms with Gasteiger partial charge < -0.3 is 0 Å². The highest BCUT2D eigenvalue weighted by Gasteiger charge is 2.57. The highest BCUT2D eigenvalue weighted by molar-refractivity contribution is 8.00. The third-order valence-electron chi connectivity index (χ3n) is 4.00. The summed E-state index contributed by atoms with van der Waals surface area (Å²) in [5.74, 6) is -9.72. The van der Waals surface area contributed by atoms with E-state index in [2.05, 4.69) is 0 Å². The molecule has 11 heteroatoms. The second-order valence-corrected chi connectivity index (χ2v) is 8.04. The average molecular weight is 438 g/mol. The predicted molar refractivity (Wildman–Crippen MR) is 85.5 cm³/mol. The Morgan fingerprint density at radius 1 is 0.556 bits per heavy atom. The summed E-state index contributed by atoms with van der Waals surface area (Å²) in [6, 6.07) is 0. The summed E-state index contributed by atoms with van der Waals surface area (Å²) in [7, 11) is 0. The van der Waals surface area contributed by atoms with Crippen LogP contribution in [0, 0.1) is 0 Å². The molecule has 0 aromatic heterocycles. The molecule has 0 heterocycles. The third kappa shape index (κ3) is 9.13. The van der Waals surface area contributed by atoms with Crippen LogP contribution >= 0.6 is 11.8 Å². The van der Waals surface area contributed by atoms with Crippen molar-refractivity contribution in [3.05, 3.63) is 0 Å². The van der Waals surface area contributed by atoms with Crippen molar-refractivity contribution in [2.24, 2.45) is 0 Å². The maximum Gasteiger partial charge on any atom is 0.453 e. The van der Waals surface area contributed by atoms with Gasteiger partial charge in [0.1, 0.15) is 0 Å². The minimum atomic E-state index is -5.67. The minimum absolute atomic E-state index is 0.272. The van der Waals surface area contributed by atoms with Crippen LogP contribution in [0.3, 0.4) is 0 Å². The lowest BCUT2D eigenvalue weighted by atomic mass is 10.1. The molecule has 0 radical (unpaired) electrons. The summed E-state index contributed by atoms with van der Waals surface area (Å²) in [4.78, 5) is 0. The van der Waals surface area contributed by atoms with Gasteiger partial charge in [0, 0.05) is 23.3 Å². The maximum atomic E-state index is 13.1. The summed E-state index contributed by atoms with van der Waals surface area (Å²) < 4.78 is 126. The van der Waals surface area contributed by atoms with Crippen LogP contribution in [0.25, 0.3) is 0 Å². The Labute approximate surface area is 156 Å². The van der Waals surface area contributed by atoms with Crippen LogP contribution in [-0.2, 0) is 0 Å². The summed E-state index contributed by atoms with van der Waals surface area (Å²) in [5.41, 5.74) is 0. The Bertz CT molecular complexity index is 378. The van der Waals surface area contributed by atoms with Crippen LogP contribution in [0.2, 0.25) is 0 Å². The summed E-state index contributed by atoms with van der Waals surface area (Å²) >= 11 is 0.940.